The second-order valence-electron chi connectivity index (χ2n) is 6.06. The second-order valence-corrected chi connectivity index (χ2v) is 6.06. The van der Waals surface area contributed by atoms with E-state index in [1.165, 1.54) is 5.56 Å². The van der Waals surface area contributed by atoms with Crippen molar-refractivity contribution in [3.05, 3.63) is 29.8 Å². The molecule has 1 rings (SSSR count). The van der Waals surface area contributed by atoms with Gasteiger partial charge in [0.25, 0.3) is 0 Å². The summed E-state index contributed by atoms with van der Waals surface area (Å²) in [6.07, 6.45) is 1.13. The number of hydrogen-bond acceptors (Lipinski definition) is 3. The number of benzene rings is 1. The Morgan fingerprint density at radius 2 is 1.80 bits per heavy atom. The Hall–Kier alpha value is -1.06. The van der Waals surface area contributed by atoms with Crippen LogP contribution >= 0.6 is 0 Å². The monoisotopic (exact) mass is 278 g/mol. The Morgan fingerprint density at radius 1 is 1.25 bits per heavy atom. The fourth-order valence-corrected chi connectivity index (χ4v) is 2.52. The summed E-state index contributed by atoms with van der Waals surface area (Å²) < 4.78 is 5.23. The quantitative estimate of drug-likeness (QED) is 0.826. The second kappa shape index (κ2) is 7.09. The lowest BCUT2D eigenvalue weighted by molar-refractivity contribution is 0.0850. The van der Waals surface area contributed by atoms with Gasteiger partial charge in [-0.2, -0.15) is 0 Å². The summed E-state index contributed by atoms with van der Waals surface area (Å²) in [5, 5.41) is 3.45. The summed E-state index contributed by atoms with van der Waals surface area (Å²) in [6.45, 7) is 9.11. The highest BCUT2D eigenvalue weighted by molar-refractivity contribution is 5.29. The number of methoxy groups -OCH3 is 1. The van der Waals surface area contributed by atoms with Crippen LogP contribution in [-0.4, -0.2) is 37.7 Å². The van der Waals surface area contributed by atoms with Gasteiger partial charge < -0.3 is 10.1 Å². The smallest absolute Gasteiger partial charge is 0.118 e. The Bertz CT molecular complexity index is 400. The highest BCUT2D eigenvalue weighted by Crippen LogP contribution is 2.27. The van der Waals surface area contributed by atoms with E-state index in [2.05, 4.69) is 57.1 Å². The van der Waals surface area contributed by atoms with Crippen LogP contribution in [0.25, 0.3) is 0 Å². The first kappa shape index (κ1) is 17.0. The van der Waals surface area contributed by atoms with E-state index in [4.69, 9.17) is 4.74 Å². The Kier molecular flexibility index (Phi) is 6.03. The molecule has 0 spiro atoms. The van der Waals surface area contributed by atoms with Crippen LogP contribution in [0.5, 0.6) is 5.75 Å². The van der Waals surface area contributed by atoms with Gasteiger partial charge in [-0.25, -0.2) is 0 Å². The molecule has 1 N–H and O–H groups in total. The van der Waals surface area contributed by atoms with E-state index in [9.17, 15) is 0 Å². The van der Waals surface area contributed by atoms with Crippen molar-refractivity contribution >= 4 is 0 Å². The minimum atomic E-state index is 0.195. The van der Waals surface area contributed by atoms with E-state index < -0.39 is 0 Å². The molecule has 20 heavy (non-hydrogen) atoms. The molecule has 0 heterocycles. The molecule has 1 aromatic carbocycles. The van der Waals surface area contributed by atoms with Crippen molar-refractivity contribution in [1.82, 2.24) is 10.2 Å². The predicted molar refractivity (Wildman–Crippen MR) is 86.4 cm³/mol. The van der Waals surface area contributed by atoms with Gasteiger partial charge in [0.1, 0.15) is 5.75 Å². The minimum Gasteiger partial charge on any atom is -0.497 e. The number of nitrogens with one attached hydrogen (secondary N) is 1. The van der Waals surface area contributed by atoms with E-state index in [-0.39, 0.29) is 5.54 Å². The zero-order valence-corrected chi connectivity index (χ0v) is 14.0. The number of ether oxygens (including phenoxy) is 1. The van der Waals surface area contributed by atoms with Crippen molar-refractivity contribution < 1.29 is 4.74 Å². The molecule has 1 aromatic rings. The van der Waals surface area contributed by atoms with Crippen LogP contribution in [0, 0.1) is 0 Å². The Morgan fingerprint density at radius 3 is 2.20 bits per heavy atom. The average molecular weight is 278 g/mol. The zero-order valence-electron chi connectivity index (χ0n) is 14.0. The first-order chi connectivity index (χ1) is 9.37. The minimum absolute atomic E-state index is 0.195. The van der Waals surface area contributed by atoms with Crippen molar-refractivity contribution in [2.45, 2.75) is 51.7 Å². The molecule has 0 radical (unpaired) electrons. The van der Waals surface area contributed by atoms with E-state index in [1.54, 1.807) is 7.11 Å². The summed E-state index contributed by atoms with van der Waals surface area (Å²) in [5.41, 5.74) is 1.49. The molecule has 0 saturated heterocycles. The van der Waals surface area contributed by atoms with Crippen LogP contribution in [0.2, 0.25) is 0 Å². The van der Waals surface area contributed by atoms with Gasteiger partial charge in [-0.3, -0.25) is 4.90 Å². The molecule has 2 atom stereocenters. The molecule has 3 heteroatoms. The molecule has 0 aromatic heterocycles. The third-order valence-corrected chi connectivity index (χ3v) is 4.70. The van der Waals surface area contributed by atoms with Crippen molar-refractivity contribution in [1.29, 1.82) is 0 Å². The van der Waals surface area contributed by atoms with Crippen LogP contribution < -0.4 is 10.1 Å². The van der Waals surface area contributed by atoms with Gasteiger partial charge in [-0.1, -0.05) is 19.1 Å². The van der Waals surface area contributed by atoms with Crippen LogP contribution in [0.3, 0.4) is 0 Å². The maximum atomic E-state index is 5.23. The summed E-state index contributed by atoms with van der Waals surface area (Å²) in [7, 11) is 5.94. The number of nitrogens with zero attached hydrogens (tertiary/aromatic N) is 1. The maximum Gasteiger partial charge on any atom is 0.118 e. The Balaban J connectivity index is 2.93. The first-order valence-corrected chi connectivity index (χ1v) is 7.41. The molecule has 0 fully saturated rings. The van der Waals surface area contributed by atoms with Crippen molar-refractivity contribution in [3.63, 3.8) is 0 Å². The molecular formula is C17H30N2O. The standard InChI is InChI=1S/C17H30N2O/c1-8-17(3,4)19(6)13(2)16(18-5)14-9-11-15(20-7)12-10-14/h9-13,16,18H,8H2,1-7H3. The predicted octanol–water partition coefficient (Wildman–Crippen LogP) is 3.46. The highest BCUT2D eigenvalue weighted by Gasteiger charge is 2.30. The fourth-order valence-electron chi connectivity index (χ4n) is 2.52. The molecule has 0 bridgehead atoms. The van der Waals surface area contributed by atoms with E-state index in [0.717, 1.165) is 12.2 Å². The van der Waals surface area contributed by atoms with Crippen molar-refractivity contribution in [2.24, 2.45) is 0 Å². The van der Waals surface area contributed by atoms with Crippen LogP contribution in [0.15, 0.2) is 24.3 Å². The molecule has 2 unspecified atom stereocenters. The number of rotatable bonds is 7. The molecule has 0 aliphatic carbocycles. The molecule has 114 valence electrons. The van der Waals surface area contributed by atoms with E-state index >= 15 is 0 Å². The lowest BCUT2D eigenvalue weighted by Crippen LogP contribution is -2.50. The lowest BCUT2D eigenvalue weighted by atomic mass is 9.93. The zero-order chi connectivity index (χ0) is 15.3. The molecule has 0 aliphatic rings. The van der Waals surface area contributed by atoms with Crippen molar-refractivity contribution in [2.75, 3.05) is 21.2 Å². The molecule has 3 nitrogen and oxygen atoms in total. The summed E-state index contributed by atoms with van der Waals surface area (Å²) in [4.78, 5) is 2.46. The van der Waals surface area contributed by atoms with E-state index in [0.29, 0.717) is 12.1 Å². The lowest BCUT2D eigenvalue weighted by Gasteiger charge is -2.42. The first-order valence-electron chi connectivity index (χ1n) is 7.41. The van der Waals surface area contributed by atoms with Gasteiger partial charge >= 0.3 is 0 Å². The molecule has 0 saturated carbocycles. The van der Waals surface area contributed by atoms with Gasteiger partial charge in [0.05, 0.1) is 7.11 Å². The largest absolute Gasteiger partial charge is 0.497 e. The van der Waals surface area contributed by atoms with Crippen LogP contribution in [0.1, 0.15) is 45.7 Å². The Labute approximate surface area is 124 Å². The third kappa shape index (κ3) is 3.74. The number of likely N-dealkylation sites (N-methyl/N-ethyl adjacent to an activating group) is 2. The fraction of sp³-hybridized carbons (Fsp3) is 0.647. The van der Waals surface area contributed by atoms with Gasteiger partial charge in [0.2, 0.25) is 0 Å². The van der Waals surface area contributed by atoms with Crippen molar-refractivity contribution in [3.8, 4) is 5.75 Å². The molecular weight excluding hydrogens is 248 g/mol. The van der Waals surface area contributed by atoms with Gasteiger partial charge in [0.15, 0.2) is 0 Å². The topological polar surface area (TPSA) is 24.5 Å². The summed E-state index contributed by atoms with van der Waals surface area (Å²) in [6, 6.07) is 9.04. The normalized spacial score (nSPS) is 15.2. The third-order valence-electron chi connectivity index (χ3n) is 4.70. The molecule has 0 aliphatic heterocycles. The average Bonchev–Trinajstić information content (AvgIpc) is 2.47. The van der Waals surface area contributed by atoms with Gasteiger partial charge in [0, 0.05) is 17.6 Å². The van der Waals surface area contributed by atoms with Crippen LogP contribution in [0.4, 0.5) is 0 Å². The SMILES string of the molecule is CCC(C)(C)N(C)C(C)C(NC)c1ccc(OC)cc1. The van der Waals surface area contributed by atoms with Gasteiger partial charge in [-0.05, 0) is 59.0 Å². The van der Waals surface area contributed by atoms with Crippen LogP contribution in [-0.2, 0) is 0 Å². The van der Waals surface area contributed by atoms with Gasteiger partial charge in [-0.15, -0.1) is 0 Å². The van der Waals surface area contributed by atoms with E-state index in [1.807, 2.05) is 19.2 Å². The summed E-state index contributed by atoms with van der Waals surface area (Å²) in [5.74, 6) is 0.901. The summed E-state index contributed by atoms with van der Waals surface area (Å²) >= 11 is 0. The highest BCUT2D eigenvalue weighted by atomic mass is 16.5. The molecule has 0 amide bonds. The maximum absolute atomic E-state index is 5.23. The number of hydrogen-bond donors (Lipinski definition) is 1.